The van der Waals surface area contributed by atoms with Gasteiger partial charge in [0, 0.05) is 12.5 Å². The maximum absolute atomic E-state index is 5.90. The fourth-order valence-electron chi connectivity index (χ4n) is 3.62. The summed E-state index contributed by atoms with van der Waals surface area (Å²) in [6, 6.07) is 8.87. The molecule has 0 amide bonds. The van der Waals surface area contributed by atoms with Crippen LogP contribution in [0, 0.1) is 0 Å². The second kappa shape index (κ2) is 7.26. The van der Waals surface area contributed by atoms with Crippen LogP contribution >= 0.6 is 0 Å². The van der Waals surface area contributed by atoms with Gasteiger partial charge >= 0.3 is 0 Å². The molecule has 2 N–H and O–H groups in total. The zero-order chi connectivity index (χ0) is 16.2. The second-order valence-electron chi connectivity index (χ2n) is 7.01. The van der Waals surface area contributed by atoms with Gasteiger partial charge in [-0.25, -0.2) is 4.68 Å². The highest BCUT2D eigenvalue weighted by molar-refractivity contribution is 5.26. The second-order valence-corrected chi connectivity index (χ2v) is 7.01. The number of rotatable bonds is 5. The topological polar surface area (TPSA) is 56.7 Å². The first kappa shape index (κ1) is 16.2. The Bertz CT molecular complexity index is 621. The molecule has 0 unspecified atom stereocenters. The maximum Gasteiger partial charge on any atom is 0.0997 e. The number of nitrogens with two attached hydrogens (primary N) is 1. The van der Waals surface area contributed by atoms with E-state index in [0.717, 1.165) is 12.2 Å². The summed E-state index contributed by atoms with van der Waals surface area (Å²) in [6.45, 7) is 5.72. The normalized spacial score (nSPS) is 16.2. The SMILES string of the molecule is CC(C)c1ccc(Cn2nnc(CN)c2C2CCCCC2)cc1. The van der Waals surface area contributed by atoms with E-state index in [-0.39, 0.29) is 0 Å². The van der Waals surface area contributed by atoms with Crippen molar-refractivity contribution in [3.05, 3.63) is 46.8 Å². The van der Waals surface area contributed by atoms with Gasteiger partial charge in [0.1, 0.15) is 0 Å². The third kappa shape index (κ3) is 3.63. The molecule has 4 nitrogen and oxygen atoms in total. The third-order valence-electron chi connectivity index (χ3n) is 5.01. The van der Waals surface area contributed by atoms with Gasteiger partial charge in [0.2, 0.25) is 0 Å². The van der Waals surface area contributed by atoms with Crippen LogP contribution in [0.4, 0.5) is 0 Å². The molecule has 4 heteroatoms. The maximum atomic E-state index is 5.90. The van der Waals surface area contributed by atoms with E-state index in [1.165, 1.54) is 48.9 Å². The summed E-state index contributed by atoms with van der Waals surface area (Å²) in [4.78, 5) is 0. The summed E-state index contributed by atoms with van der Waals surface area (Å²) in [5.41, 5.74) is 10.8. The van der Waals surface area contributed by atoms with Gasteiger partial charge in [-0.05, 0) is 29.9 Å². The Labute approximate surface area is 139 Å². The fourth-order valence-corrected chi connectivity index (χ4v) is 3.62. The predicted molar refractivity (Wildman–Crippen MR) is 93.4 cm³/mol. The van der Waals surface area contributed by atoms with Gasteiger partial charge in [-0.2, -0.15) is 0 Å². The van der Waals surface area contributed by atoms with Crippen molar-refractivity contribution in [3.63, 3.8) is 0 Å². The predicted octanol–water partition coefficient (Wildman–Crippen LogP) is 3.96. The van der Waals surface area contributed by atoms with Crippen molar-refractivity contribution >= 4 is 0 Å². The number of nitrogens with zero attached hydrogens (tertiary/aromatic N) is 3. The standard InChI is InChI=1S/C19H28N4/c1-14(2)16-10-8-15(9-11-16)13-23-19(18(12-20)21-22-23)17-6-4-3-5-7-17/h8-11,14,17H,3-7,12-13,20H2,1-2H3. The molecule has 0 bridgehead atoms. The van der Waals surface area contributed by atoms with Crippen LogP contribution in [0.25, 0.3) is 0 Å². The van der Waals surface area contributed by atoms with Crippen LogP contribution in [0.3, 0.4) is 0 Å². The van der Waals surface area contributed by atoms with Gasteiger partial charge in [0.15, 0.2) is 0 Å². The summed E-state index contributed by atoms with van der Waals surface area (Å²) in [6.07, 6.45) is 6.46. The van der Waals surface area contributed by atoms with Crippen LogP contribution in [-0.2, 0) is 13.1 Å². The molecule has 1 heterocycles. The molecule has 124 valence electrons. The quantitative estimate of drug-likeness (QED) is 0.909. The smallest absolute Gasteiger partial charge is 0.0997 e. The van der Waals surface area contributed by atoms with Crippen LogP contribution in [0.5, 0.6) is 0 Å². The van der Waals surface area contributed by atoms with E-state index in [1.807, 2.05) is 0 Å². The summed E-state index contributed by atoms with van der Waals surface area (Å²) in [5, 5.41) is 8.74. The summed E-state index contributed by atoms with van der Waals surface area (Å²) in [7, 11) is 0. The molecular formula is C19H28N4. The average molecular weight is 312 g/mol. The molecule has 1 aromatic heterocycles. The number of hydrogen-bond donors (Lipinski definition) is 1. The molecule has 1 aliphatic carbocycles. The first-order valence-corrected chi connectivity index (χ1v) is 8.90. The van der Waals surface area contributed by atoms with E-state index in [4.69, 9.17) is 5.73 Å². The number of hydrogen-bond acceptors (Lipinski definition) is 3. The molecule has 23 heavy (non-hydrogen) atoms. The molecule has 0 spiro atoms. The Morgan fingerprint density at radius 2 is 1.83 bits per heavy atom. The van der Waals surface area contributed by atoms with Gasteiger partial charge in [0.25, 0.3) is 0 Å². The van der Waals surface area contributed by atoms with Gasteiger partial charge in [-0.1, -0.05) is 62.6 Å². The average Bonchev–Trinajstić information content (AvgIpc) is 2.99. The summed E-state index contributed by atoms with van der Waals surface area (Å²) < 4.78 is 2.09. The van der Waals surface area contributed by atoms with E-state index >= 15 is 0 Å². The van der Waals surface area contributed by atoms with Crippen molar-refractivity contribution in [2.24, 2.45) is 5.73 Å². The lowest BCUT2D eigenvalue weighted by molar-refractivity contribution is 0.417. The molecule has 1 saturated carbocycles. The minimum Gasteiger partial charge on any atom is -0.325 e. The van der Waals surface area contributed by atoms with E-state index in [0.29, 0.717) is 18.4 Å². The Morgan fingerprint density at radius 3 is 2.43 bits per heavy atom. The van der Waals surface area contributed by atoms with E-state index < -0.39 is 0 Å². The molecular weight excluding hydrogens is 284 g/mol. The first-order valence-electron chi connectivity index (χ1n) is 8.90. The van der Waals surface area contributed by atoms with E-state index in [1.54, 1.807) is 0 Å². The molecule has 0 aliphatic heterocycles. The molecule has 3 rings (SSSR count). The van der Waals surface area contributed by atoms with Gasteiger partial charge in [-0.15, -0.1) is 5.10 Å². The lowest BCUT2D eigenvalue weighted by atomic mass is 9.86. The highest BCUT2D eigenvalue weighted by Crippen LogP contribution is 2.34. The number of benzene rings is 1. The van der Waals surface area contributed by atoms with Crippen molar-refractivity contribution in [1.29, 1.82) is 0 Å². The molecule has 1 fully saturated rings. The molecule has 1 aromatic carbocycles. The lowest BCUT2D eigenvalue weighted by Crippen LogP contribution is -2.15. The largest absolute Gasteiger partial charge is 0.325 e. The monoisotopic (exact) mass is 312 g/mol. The Kier molecular flexibility index (Phi) is 5.11. The van der Waals surface area contributed by atoms with Crippen molar-refractivity contribution in [2.45, 2.75) is 70.9 Å². The third-order valence-corrected chi connectivity index (χ3v) is 5.01. The van der Waals surface area contributed by atoms with Crippen LogP contribution < -0.4 is 5.73 Å². The molecule has 1 aliphatic rings. The fraction of sp³-hybridized carbons (Fsp3) is 0.579. The van der Waals surface area contributed by atoms with Crippen LogP contribution in [0.1, 0.15) is 80.3 Å². The molecule has 0 saturated heterocycles. The summed E-state index contributed by atoms with van der Waals surface area (Å²) >= 11 is 0. The zero-order valence-corrected chi connectivity index (χ0v) is 14.3. The van der Waals surface area contributed by atoms with Crippen molar-refractivity contribution < 1.29 is 0 Å². The molecule has 0 atom stereocenters. The first-order chi connectivity index (χ1) is 11.2. The highest BCUT2D eigenvalue weighted by Gasteiger charge is 2.23. The summed E-state index contributed by atoms with van der Waals surface area (Å²) in [5.74, 6) is 1.14. The van der Waals surface area contributed by atoms with Crippen LogP contribution in [0.15, 0.2) is 24.3 Å². The highest BCUT2D eigenvalue weighted by atomic mass is 15.4. The van der Waals surface area contributed by atoms with Gasteiger partial charge < -0.3 is 5.73 Å². The minimum absolute atomic E-state index is 0.484. The lowest BCUT2D eigenvalue weighted by Gasteiger charge is -2.23. The van der Waals surface area contributed by atoms with Crippen molar-refractivity contribution in [1.82, 2.24) is 15.0 Å². The van der Waals surface area contributed by atoms with E-state index in [2.05, 4.69) is 53.1 Å². The zero-order valence-electron chi connectivity index (χ0n) is 14.3. The van der Waals surface area contributed by atoms with Crippen molar-refractivity contribution in [2.75, 3.05) is 0 Å². The minimum atomic E-state index is 0.484. The van der Waals surface area contributed by atoms with Crippen molar-refractivity contribution in [3.8, 4) is 0 Å². The Morgan fingerprint density at radius 1 is 1.13 bits per heavy atom. The van der Waals surface area contributed by atoms with E-state index in [9.17, 15) is 0 Å². The molecule has 2 aromatic rings. The molecule has 0 radical (unpaired) electrons. The number of aromatic nitrogens is 3. The van der Waals surface area contributed by atoms with Gasteiger partial charge in [-0.3, -0.25) is 0 Å². The van der Waals surface area contributed by atoms with Gasteiger partial charge in [0.05, 0.1) is 17.9 Å². The van der Waals surface area contributed by atoms with Crippen LogP contribution in [0.2, 0.25) is 0 Å². The Hall–Kier alpha value is -1.68. The Balaban J connectivity index is 1.83. The van der Waals surface area contributed by atoms with Crippen LogP contribution in [-0.4, -0.2) is 15.0 Å².